The molecule has 0 spiro atoms. The molecule has 1 heterocycles. The standard InChI is InChI=1S/C12H22N2O2/c1-8-6-13-7-9(8)12(16)14-10-4-2-3-5-11(10)15/h8-11,13,15H,2-7H2,1H3,(H,14,16). The van der Waals surface area contributed by atoms with E-state index in [-0.39, 0.29) is 24.0 Å². The maximum atomic E-state index is 12.0. The number of nitrogens with one attached hydrogen (secondary N) is 2. The summed E-state index contributed by atoms with van der Waals surface area (Å²) in [4.78, 5) is 12.0. The Hall–Kier alpha value is -0.610. The second-order valence-electron chi connectivity index (χ2n) is 5.21. The maximum Gasteiger partial charge on any atom is 0.225 e. The van der Waals surface area contributed by atoms with Crippen LogP contribution in [-0.2, 0) is 4.79 Å². The molecule has 2 rings (SSSR count). The normalized spacial score (nSPS) is 39.6. The van der Waals surface area contributed by atoms with Crippen LogP contribution in [0.5, 0.6) is 0 Å². The predicted octanol–water partition coefficient (Wildman–Crippen LogP) is 0.262. The van der Waals surface area contributed by atoms with Crippen LogP contribution in [0.1, 0.15) is 32.6 Å². The summed E-state index contributed by atoms with van der Waals surface area (Å²) in [6.07, 6.45) is 3.59. The largest absolute Gasteiger partial charge is 0.391 e. The van der Waals surface area contributed by atoms with Gasteiger partial charge in [0.1, 0.15) is 0 Å². The number of carbonyl (C=O) groups excluding carboxylic acids is 1. The van der Waals surface area contributed by atoms with Gasteiger partial charge in [-0.15, -0.1) is 0 Å². The third-order valence-corrected chi connectivity index (χ3v) is 3.91. The van der Waals surface area contributed by atoms with E-state index < -0.39 is 0 Å². The molecule has 1 aliphatic carbocycles. The Balaban J connectivity index is 1.86. The van der Waals surface area contributed by atoms with Gasteiger partial charge in [0, 0.05) is 6.54 Å². The molecule has 0 aromatic rings. The van der Waals surface area contributed by atoms with Crippen molar-refractivity contribution in [2.24, 2.45) is 11.8 Å². The molecule has 4 heteroatoms. The van der Waals surface area contributed by atoms with Crippen LogP contribution in [0.25, 0.3) is 0 Å². The van der Waals surface area contributed by atoms with Gasteiger partial charge in [-0.25, -0.2) is 0 Å². The molecule has 2 fully saturated rings. The molecule has 4 unspecified atom stereocenters. The Kier molecular flexibility index (Phi) is 3.82. The molecule has 4 nitrogen and oxygen atoms in total. The van der Waals surface area contributed by atoms with Gasteiger partial charge in [-0.1, -0.05) is 19.8 Å². The molecular weight excluding hydrogens is 204 g/mol. The predicted molar refractivity (Wildman–Crippen MR) is 61.9 cm³/mol. The average Bonchev–Trinajstić information content (AvgIpc) is 2.68. The molecule has 0 radical (unpaired) electrons. The number of aliphatic hydroxyl groups is 1. The van der Waals surface area contributed by atoms with Crippen LogP contribution in [0.4, 0.5) is 0 Å². The summed E-state index contributed by atoms with van der Waals surface area (Å²) in [5.74, 6) is 0.596. The molecule has 16 heavy (non-hydrogen) atoms. The zero-order valence-electron chi connectivity index (χ0n) is 9.91. The van der Waals surface area contributed by atoms with Gasteiger partial charge in [0.25, 0.3) is 0 Å². The molecule has 0 aromatic heterocycles. The highest BCUT2D eigenvalue weighted by Crippen LogP contribution is 2.21. The van der Waals surface area contributed by atoms with Crippen LogP contribution in [0.2, 0.25) is 0 Å². The minimum Gasteiger partial charge on any atom is -0.391 e. The van der Waals surface area contributed by atoms with Crippen molar-refractivity contribution < 1.29 is 9.90 Å². The summed E-state index contributed by atoms with van der Waals surface area (Å²) in [5, 5.41) is 16.0. The van der Waals surface area contributed by atoms with Crippen molar-refractivity contribution in [3.63, 3.8) is 0 Å². The van der Waals surface area contributed by atoms with Gasteiger partial charge < -0.3 is 15.7 Å². The Bertz CT molecular complexity index is 257. The number of hydrogen-bond donors (Lipinski definition) is 3. The fourth-order valence-electron chi connectivity index (χ4n) is 2.73. The highest BCUT2D eigenvalue weighted by Gasteiger charge is 2.32. The summed E-state index contributed by atoms with van der Waals surface area (Å²) in [7, 11) is 0. The zero-order chi connectivity index (χ0) is 11.5. The highest BCUT2D eigenvalue weighted by molar-refractivity contribution is 5.79. The first kappa shape index (κ1) is 11.9. The molecular formula is C12H22N2O2. The van der Waals surface area contributed by atoms with E-state index in [1.807, 2.05) is 0 Å². The summed E-state index contributed by atoms with van der Waals surface area (Å²) in [6, 6.07) is -0.0194. The van der Waals surface area contributed by atoms with Gasteiger partial charge in [-0.05, 0) is 25.3 Å². The molecule has 1 saturated heterocycles. The molecule has 1 aliphatic heterocycles. The monoisotopic (exact) mass is 226 g/mol. The third kappa shape index (κ3) is 2.55. The minimum atomic E-state index is -0.345. The van der Waals surface area contributed by atoms with Crippen LogP contribution >= 0.6 is 0 Å². The van der Waals surface area contributed by atoms with Crippen LogP contribution < -0.4 is 10.6 Å². The van der Waals surface area contributed by atoms with Crippen molar-refractivity contribution in [3.05, 3.63) is 0 Å². The topological polar surface area (TPSA) is 61.4 Å². The number of amides is 1. The van der Waals surface area contributed by atoms with Gasteiger partial charge in [-0.3, -0.25) is 4.79 Å². The third-order valence-electron chi connectivity index (χ3n) is 3.91. The van der Waals surface area contributed by atoms with E-state index in [4.69, 9.17) is 0 Å². The first-order valence-corrected chi connectivity index (χ1v) is 6.37. The maximum absolute atomic E-state index is 12.0. The zero-order valence-corrected chi connectivity index (χ0v) is 9.91. The van der Waals surface area contributed by atoms with Crippen molar-refractivity contribution >= 4 is 5.91 Å². The Morgan fingerprint density at radius 2 is 2.06 bits per heavy atom. The quantitative estimate of drug-likeness (QED) is 0.633. The van der Waals surface area contributed by atoms with E-state index in [1.54, 1.807) is 0 Å². The van der Waals surface area contributed by atoms with Gasteiger partial charge in [0.2, 0.25) is 5.91 Å². The van der Waals surface area contributed by atoms with Crippen LogP contribution in [0.15, 0.2) is 0 Å². The van der Waals surface area contributed by atoms with E-state index in [1.165, 1.54) is 0 Å². The van der Waals surface area contributed by atoms with Crippen molar-refractivity contribution in [1.82, 2.24) is 10.6 Å². The van der Waals surface area contributed by atoms with Gasteiger partial charge in [0.15, 0.2) is 0 Å². The fraction of sp³-hybridized carbons (Fsp3) is 0.917. The Morgan fingerprint density at radius 3 is 2.69 bits per heavy atom. The van der Waals surface area contributed by atoms with Crippen molar-refractivity contribution in [2.45, 2.75) is 44.8 Å². The minimum absolute atomic E-state index is 0.0194. The molecule has 2 aliphatic rings. The van der Waals surface area contributed by atoms with Crippen molar-refractivity contribution in [3.8, 4) is 0 Å². The molecule has 0 aromatic carbocycles. The molecule has 1 saturated carbocycles. The first-order valence-electron chi connectivity index (χ1n) is 6.37. The second-order valence-corrected chi connectivity index (χ2v) is 5.21. The fourth-order valence-corrected chi connectivity index (χ4v) is 2.73. The van der Waals surface area contributed by atoms with Crippen LogP contribution in [0.3, 0.4) is 0 Å². The van der Waals surface area contributed by atoms with E-state index in [0.29, 0.717) is 5.92 Å². The summed E-state index contributed by atoms with van der Waals surface area (Å²) in [5.41, 5.74) is 0. The smallest absolute Gasteiger partial charge is 0.225 e. The van der Waals surface area contributed by atoms with E-state index in [2.05, 4.69) is 17.6 Å². The van der Waals surface area contributed by atoms with Gasteiger partial charge in [-0.2, -0.15) is 0 Å². The van der Waals surface area contributed by atoms with E-state index in [0.717, 1.165) is 38.8 Å². The summed E-state index contributed by atoms with van der Waals surface area (Å²) in [6.45, 7) is 3.79. The molecule has 4 atom stereocenters. The SMILES string of the molecule is CC1CNCC1C(=O)NC1CCCCC1O. The average molecular weight is 226 g/mol. The van der Waals surface area contributed by atoms with Crippen molar-refractivity contribution in [1.29, 1.82) is 0 Å². The highest BCUT2D eigenvalue weighted by atomic mass is 16.3. The second kappa shape index (κ2) is 5.15. The van der Waals surface area contributed by atoms with E-state index >= 15 is 0 Å². The summed E-state index contributed by atoms with van der Waals surface area (Å²) < 4.78 is 0. The first-order chi connectivity index (χ1) is 7.68. The Labute approximate surface area is 96.8 Å². The number of rotatable bonds is 2. The summed E-state index contributed by atoms with van der Waals surface area (Å²) >= 11 is 0. The van der Waals surface area contributed by atoms with Crippen LogP contribution in [-0.4, -0.2) is 36.2 Å². The lowest BCUT2D eigenvalue weighted by molar-refractivity contribution is -0.127. The van der Waals surface area contributed by atoms with E-state index in [9.17, 15) is 9.90 Å². The van der Waals surface area contributed by atoms with Crippen LogP contribution in [0, 0.1) is 11.8 Å². The molecule has 3 N–H and O–H groups in total. The van der Waals surface area contributed by atoms with Gasteiger partial charge in [0.05, 0.1) is 18.1 Å². The number of hydrogen-bond acceptors (Lipinski definition) is 3. The Morgan fingerprint density at radius 1 is 1.31 bits per heavy atom. The lowest BCUT2D eigenvalue weighted by Crippen LogP contribution is -2.48. The molecule has 0 bridgehead atoms. The molecule has 92 valence electrons. The van der Waals surface area contributed by atoms with Crippen molar-refractivity contribution in [2.75, 3.05) is 13.1 Å². The number of aliphatic hydroxyl groups excluding tert-OH is 1. The lowest BCUT2D eigenvalue weighted by atomic mass is 9.91. The lowest BCUT2D eigenvalue weighted by Gasteiger charge is -2.29. The van der Waals surface area contributed by atoms with Gasteiger partial charge >= 0.3 is 0 Å². The molecule has 1 amide bonds. The number of carbonyl (C=O) groups is 1.